The van der Waals surface area contributed by atoms with Gasteiger partial charge in [0.15, 0.2) is 0 Å². The van der Waals surface area contributed by atoms with E-state index in [4.69, 9.17) is 16.3 Å². The van der Waals surface area contributed by atoms with E-state index in [2.05, 4.69) is 12.2 Å². The van der Waals surface area contributed by atoms with Gasteiger partial charge in [0.1, 0.15) is 5.60 Å². The Balaban J connectivity index is 2.03. The van der Waals surface area contributed by atoms with Gasteiger partial charge < -0.3 is 10.1 Å². The van der Waals surface area contributed by atoms with Crippen molar-refractivity contribution in [2.45, 2.75) is 63.5 Å². The zero-order valence-electron chi connectivity index (χ0n) is 11.4. The van der Waals surface area contributed by atoms with Gasteiger partial charge in [-0.25, -0.2) is 0 Å². The Bertz CT molecular complexity index is 315. The second kappa shape index (κ2) is 5.38. The minimum Gasteiger partial charge on any atom is -0.365 e. The third-order valence-electron chi connectivity index (χ3n) is 4.43. The zero-order chi connectivity index (χ0) is 13.2. The molecule has 4 heteroatoms. The van der Waals surface area contributed by atoms with Crippen molar-refractivity contribution in [1.82, 2.24) is 5.32 Å². The summed E-state index contributed by atoms with van der Waals surface area (Å²) < 4.78 is 5.60. The Kier molecular flexibility index (Phi) is 4.22. The predicted molar refractivity (Wildman–Crippen MR) is 72.8 cm³/mol. The highest BCUT2D eigenvalue weighted by atomic mass is 35.5. The highest BCUT2D eigenvalue weighted by Crippen LogP contribution is 2.34. The first-order valence-electron chi connectivity index (χ1n) is 7.02. The Morgan fingerprint density at radius 2 is 2.22 bits per heavy atom. The van der Waals surface area contributed by atoms with Crippen LogP contribution in [0.1, 0.15) is 52.4 Å². The molecule has 1 aliphatic heterocycles. The third kappa shape index (κ3) is 2.83. The van der Waals surface area contributed by atoms with Crippen molar-refractivity contribution in [1.29, 1.82) is 0 Å². The lowest BCUT2D eigenvalue weighted by Crippen LogP contribution is -2.58. The van der Waals surface area contributed by atoms with Crippen LogP contribution in [0.15, 0.2) is 0 Å². The van der Waals surface area contributed by atoms with Gasteiger partial charge in [0.2, 0.25) is 0 Å². The summed E-state index contributed by atoms with van der Waals surface area (Å²) in [5, 5.41) is 3.20. The summed E-state index contributed by atoms with van der Waals surface area (Å²) in [6.45, 7) is 4.82. The van der Waals surface area contributed by atoms with E-state index in [1.165, 1.54) is 6.42 Å². The molecule has 0 aromatic rings. The molecule has 1 aliphatic carbocycles. The van der Waals surface area contributed by atoms with Crippen LogP contribution in [0.5, 0.6) is 0 Å². The van der Waals surface area contributed by atoms with Crippen LogP contribution in [0.25, 0.3) is 0 Å². The molecule has 0 aromatic heterocycles. The minimum absolute atomic E-state index is 0.0229. The van der Waals surface area contributed by atoms with Crippen LogP contribution in [0.4, 0.5) is 0 Å². The fourth-order valence-corrected chi connectivity index (χ4v) is 3.57. The molecule has 2 rings (SSSR count). The Morgan fingerprint density at radius 3 is 2.78 bits per heavy atom. The molecule has 0 aromatic carbocycles. The average Bonchev–Trinajstić information content (AvgIpc) is 2.77. The first kappa shape index (κ1) is 14.1. The molecule has 1 saturated carbocycles. The van der Waals surface area contributed by atoms with Gasteiger partial charge in [-0.05, 0) is 38.5 Å². The molecule has 3 atom stereocenters. The zero-order valence-corrected chi connectivity index (χ0v) is 12.2. The fourth-order valence-electron chi connectivity index (χ4n) is 3.26. The third-order valence-corrected chi connectivity index (χ3v) is 4.94. The topological polar surface area (TPSA) is 38.3 Å². The number of halogens is 1. The van der Waals surface area contributed by atoms with E-state index < -0.39 is 5.60 Å². The van der Waals surface area contributed by atoms with Gasteiger partial charge in [0.05, 0.1) is 5.54 Å². The molecule has 2 aliphatic rings. The van der Waals surface area contributed by atoms with Crippen molar-refractivity contribution in [2.24, 2.45) is 5.92 Å². The molecule has 3 unspecified atom stereocenters. The maximum absolute atomic E-state index is 12.4. The lowest BCUT2D eigenvalue weighted by atomic mass is 9.77. The highest BCUT2D eigenvalue weighted by molar-refractivity contribution is 6.18. The van der Waals surface area contributed by atoms with Crippen LogP contribution in [-0.4, -0.2) is 29.5 Å². The quantitative estimate of drug-likeness (QED) is 0.803. The maximum Gasteiger partial charge on any atom is 0.252 e. The molecule has 1 N–H and O–H groups in total. The Hall–Kier alpha value is -0.280. The number of carbonyl (C=O) groups is 1. The summed E-state index contributed by atoms with van der Waals surface area (Å²) in [7, 11) is 0. The van der Waals surface area contributed by atoms with E-state index in [-0.39, 0.29) is 11.4 Å². The molecule has 3 nitrogen and oxygen atoms in total. The molecule has 1 heterocycles. The first-order valence-corrected chi connectivity index (χ1v) is 7.56. The van der Waals surface area contributed by atoms with Gasteiger partial charge in [0.25, 0.3) is 5.91 Å². The number of hydrogen-bond donors (Lipinski definition) is 1. The number of amides is 1. The molecule has 0 spiro atoms. The van der Waals surface area contributed by atoms with Crippen LogP contribution in [0.2, 0.25) is 0 Å². The monoisotopic (exact) mass is 273 g/mol. The molecule has 104 valence electrons. The van der Waals surface area contributed by atoms with Gasteiger partial charge in [-0.2, -0.15) is 0 Å². The van der Waals surface area contributed by atoms with Crippen LogP contribution in [-0.2, 0) is 9.53 Å². The lowest BCUT2D eigenvalue weighted by molar-refractivity contribution is -0.142. The first-order chi connectivity index (χ1) is 8.50. The molecule has 0 bridgehead atoms. The molecule has 1 saturated heterocycles. The van der Waals surface area contributed by atoms with Crippen molar-refractivity contribution in [2.75, 3.05) is 12.5 Å². The van der Waals surface area contributed by atoms with E-state index in [0.29, 0.717) is 18.4 Å². The second-order valence-electron chi connectivity index (χ2n) is 6.25. The summed E-state index contributed by atoms with van der Waals surface area (Å²) >= 11 is 6.14. The number of alkyl halides is 1. The largest absolute Gasteiger partial charge is 0.365 e. The fraction of sp³-hybridized carbons (Fsp3) is 0.929. The average molecular weight is 274 g/mol. The summed E-state index contributed by atoms with van der Waals surface area (Å²) in [6, 6.07) is 0. The van der Waals surface area contributed by atoms with Crippen LogP contribution >= 0.6 is 11.6 Å². The van der Waals surface area contributed by atoms with Crippen molar-refractivity contribution in [3.05, 3.63) is 0 Å². The van der Waals surface area contributed by atoms with Crippen LogP contribution in [0.3, 0.4) is 0 Å². The maximum atomic E-state index is 12.4. The van der Waals surface area contributed by atoms with Gasteiger partial charge in [-0.15, -0.1) is 11.6 Å². The summed E-state index contributed by atoms with van der Waals surface area (Å²) in [5.74, 6) is 1.16. The summed E-state index contributed by atoms with van der Waals surface area (Å²) in [5.41, 5.74) is -0.856. The number of hydrogen-bond acceptors (Lipinski definition) is 2. The van der Waals surface area contributed by atoms with E-state index >= 15 is 0 Å². The standard InChI is InChI=1S/C14H24ClNO2/c1-11-5-3-7-14(9-11,10-15)16-12(17)13(2)6-4-8-18-13/h11H,3-10H2,1-2H3,(H,16,17). The molecule has 2 fully saturated rings. The minimum atomic E-state index is -0.639. The number of ether oxygens (including phenoxy) is 1. The lowest BCUT2D eigenvalue weighted by Gasteiger charge is -2.41. The molecule has 18 heavy (non-hydrogen) atoms. The normalized spacial score (nSPS) is 40.7. The Labute approximate surface area is 115 Å². The molecular weight excluding hydrogens is 250 g/mol. The van der Waals surface area contributed by atoms with Crippen molar-refractivity contribution < 1.29 is 9.53 Å². The van der Waals surface area contributed by atoms with Gasteiger partial charge in [-0.1, -0.05) is 19.8 Å². The van der Waals surface area contributed by atoms with Crippen molar-refractivity contribution >= 4 is 17.5 Å². The van der Waals surface area contributed by atoms with E-state index in [1.807, 2.05) is 6.92 Å². The summed E-state index contributed by atoms with van der Waals surface area (Å²) in [4.78, 5) is 12.4. The SMILES string of the molecule is CC1CCCC(CCl)(NC(=O)C2(C)CCCO2)C1. The number of rotatable bonds is 3. The summed E-state index contributed by atoms with van der Waals surface area (Å²) in [6.07, 6.45) is 6.13. The number of nitrogens with one attached hydrogen (secondary N) is 1. The molecule has 1 amide bonds. The molecular formula is C14H24ClNO2. The van der Waals surface area contributed by atoms with Crippen molar-refractivity contribution in [3.8, 4) is 0 Å². The second-order valence-corrected chi connectivity index (χ2v) is 6.52. The smallest absolute Gasteiger partial charge is 0.252 e. The molecule has 0 radical (unpaired) electrons. The van der Waals surface area contributed by atoms with E-state index in [0.717, 1.165) is 32.1 Å². The van der Waals surface area contributed by atoms with Gasteiger partial charge in [0, 0.05) is 12.5 Å². The van der Waals surface area contributed by atoms with Crippen LogP contribution < -0.4 is 5.32 Å². The van der Waals surface area contributed by atoms with Gasteiger partial charge >= 0.3 is 0 Å². The van der Waals surface area contributed by atoms with Gasteiger partial charge in [-0.3, -0.25) is 4.79 Å². The highest BCUT2D eigenvalue weighted by Gasteiger charge is 2.43. The van der Waals surface area contributed by atoms with E-state index in [9.17, 15) is 4.79 Å². The van der Waals surface area contributed by atoms with Crippen molar-refractivity contribution in [3.63, 3.8) is 0 Å². The predicted octanol–water partition coefficient (Wildman–Crippen LogP) is 2.86. The van der Waals surface area contributed by atoms with E-state index in [1.54, 1.807) is 0 Å². The number of carbonyl (C=O) groups excluding carboxylic acids is 1. The van der Waals surface area contributed by atoms with Crippen LogP contribution in [0, 0.1) is 5.92 Å². The Morgan fingerprint density at radius 1 is 1.44 bits per heavy atom.